The van der Waals surface area contributed by atoms with Crippen LogP contribution in [0.25, 0.3) is 21.3 Å². The SMILES string of the molecule is Clc1ccc(-c2csc3ncnc([CH]c4ccco4)c23)cc1. The van der Waals surface area contributed by atoms with Gasteiger partial charge in [-0.25, -0.2) is 9.97 Å². The van der Waals surface area contributed by atoms with E-state index in [0.29, 0.717) is 0 Å². The molecule has 1 radical (unpaired) electrons. The van der Waals surface area contributed by atoms with Crippen molar-refractivity contribution in [1.29, 1.82) is 0 Å². The van der Waals surface area contributed by atoms with E-state index in [4.69, 9.17) is 16.0 Å². The van der Waals surface area contributed by atoms with Crippen molar-refractivity contribution in [3.05, 3.63) is 77.3 Å². The minimum Gasteiger partial charge on any atom is -0.469 e. The van der Waals surface area contributed by atoms with Gasteiger partial charge in [0.25, 0.3) is 0 Å². The van der Waals surface area contributed by atoms with Gasteiger partial charge >= 0.3 is 0 Å². The number of fused-ring (bicyclic) bond motifs is 1. The van der Waals surface area contributed by atoms with E-state index in [9.17, 15) is 0 Å². The molecular weight excluding hydrogens is 316 g/mol. The van der Waals surface area contributed by atoms with E-state index >= 15 is 0 Å². The Balaban J connectivity index is 1.87. The molecule has 0 aliphatic carbocycles. The summed E-state index contributed by atoms with van der Waals surface area (Å²) < 4.78 is 5.39. The number of aromatic nitrogens is 2. The first-order valence-electron chi connectivity index (χ1n) is 6.67. The summed E-state index contributed by atoms with van der Waals surface area (Å²) >= 11 is 7.58. The van der Waals surface area contributed by atoms with E-state index < -0.39 is 0 Å². The number of hydrogen-bond donors (Lipinski definition) is 0. The second-order valence-electron chi connectivity index (χ2n) is 4.76. The molecule has 5 heteroatoms. The molecule has 0 N–H and O–H groups in total. The Hall–Kier alpha value is -2.17. The molecule has 0 aliphatic heterocycles. The number of benzene rings is 1. The second-order valence-corrected chi connectivity index (χ2v) is 6.05. The van der Waals surface area contributed by atoms with Gasteiger partial charge in [-0.3, -0.25) is 0 Å². The Bertz CT molecular complexity index is 914. The maximum absolute atomic E-state index is 5.98. The van der Waals surface area contributed by atoms with Crippen molar-refractivity contribution in [3.63, 3.8) is 0 Å². The second kappa shape index (κ2) is 5.55. The lowest BCUT2D eigenvalue weighted by Gasteiger charge is -2.04. The van der Waals surface area contributed by atoms with Gasteiger partial charge in [-0.05, 0) is 29.8 Å². The molecule has 0 fully saturated rings. The third-order valence-electron chi connectivity index (χ3n) is 3.38. The van der Waals surface area contributed by atoms with Crippen LogP contribution >= 0.6 is 22.9 Å². The Kier molecular flexibility index (Phi) is 3.41. The predicted molar refractivity (Wildman–Crippen MR) is 89.1 cm³/mol. The smallest absolute Gasteiger partial charge is 0.127 e. The van der Waals surface area contributed by atoms with Crippen LogP contribution in [-0.2, 0) is 0 Å². The molecule has 0 saturated heterocycles. The molecule has 4 rings (SSSR count). The lowest BCUT2D eigenvalue weighted by atomic mass is 10.0. The van der Waals surface area contributed by atoms with Crippen LogP contribution in [0.4, 0.5) is 0 Å². The van der Waals surface area contributed by atoms with Gasteiger partial charge < -0.3 is 4.42 Å². The molecular formula is C17H10ClN2OS. The zero-order chi connectivity index (χ0) is 14.9. The third-order valence-corrected chi connectivity index (χ3v) is 4.52. The number of hydrogen-bond acceptors (Lipinski definition) is 4. The molecule has 0 atom stereocenters. The summed E-state index contributed by atoms with van der Waals surface area (Å²) in [5, 5.41) is 3.86. The molecule has 3 nitrogen and oxygen atoms in total. The fourth-order valence-corrected chi connectivity index (χ4v) is 3.41. The number of furan rings is 1. The van der Waals surface area contributed by atoms with Gasteiger partial charge in [0, 0.05) is 21.4 Å². The molecule has 0 amide bonds. The van der Waals surface area contributed by atoms with E-state index in [1.54, 1.807) is 23.9 Å². The fraction of sp³-hybridized carbons (Fsp3) is 0. The third kappa shape index (κ3) is 2.40. The first-order valence-corrected chi connectivity index (χ1v) is 7.93. The summed E-state index contributed by atoms with van der Waals surface area (Å²) in [6, 6.07) is 11.6. The average molecular weight is 326 g/mol. The Morgan fingerprint density at radius 1 is 1.09 bits per heavy atom. The lowest BCUT2D eigenvalue weighted by Crippen LogP contribution is -1.91. The summed E-state index contributed by atoms with van der Waals surface area (Å²) in [6.45, 7) is 0. The van der Waals surface area contributed by atoms with Gasteiger partial charge in [-0.1, -0.05) is 23.7 Å². The van der Waals surface area contributed by atoms with Crippen molar-refractivity contribution < 1.29 is 4.42 Å². The molecule has 0 bridgehead atoms. The fourth-order valence-electron chi connectivity index (χ4n) is 2.36. The molecule has 3 heterocycles. The zero-order valence-electron chi connectivity index (χ0n) is 11.4. The van der Waals surface area contributed by atoms with Gasteiger partial charge in [0.2, 0.25) is 0 Å². The molecule has 0 saturated carbocycles. The van der Waals surface area contributed by atoms with E-state index in [2.05, 4.69) is 15.3 Å². The normalized spacial score (nSPS) is 11.1. The zero-order valence-corrected chi connectivity index (χ0v) is 12.9. The quantitative estimate of drug-likeness (QED) is 0.519. The van der Waals surface area contributed by atoms with Crippen LogP contribution in [0.1, 0.15) is 11.5 Å². The van der Waals surface area contributed by atoms with Gasteiger partial charge in [0.15, 0.2) is 0 Å². The van der Waals surface area contributed by atoms with Crippen molar-refractivity contribution >= 4 is 33.2 Å². The highest BCUT2D eigenvalue weighted by Crippen LogP contribution is 2.35. The van der Waals surface area contributed by atoms with Crippen molar-refractivity contribution in [2.45, 2.75) is 0 Å². The first kappa shape index (κ1) is 13.5. The maximum atomic E-state index is 5.98. The summed E-state index contributed by atoms with van der Waals surface area (Å²) in [5.41, 5.74) is 3.06. The van der Waals surface area contributed by atoms with Crippen molar-refractivity contribution in [2.24, 2.45) is 0 Å². The number of rotatable bonds is 3. The summed E-state index contributed by atoms with van der Waals surface area (Å²) in [5.74, 6) is 0.772. The van der Waals surface area contributed by atoms with E-state index in [1.165, 1.54) is 0 Å². The Morgan fingerprint density at radius 2 is 1.95 bits per heavy atom. The first-order chi connectivity index (χ1) is 10.8. The van der Waals surface area contributed by atoms with E-state index in [0.717, 1.165) is 37.8 Å². The molecule has 0 spiro atoms. The summed E-state index contributed by atoms with van der Waals surface area (Å²) in [6.07, 6.45) is 5.16. The van der Waals surface area contributed by atoms with Gasteiger partial charge in [0.1, 0.15) is 16.9 Å². The monoisotopic (exact) mass is 325 g/mol. The predicted octanol–water partition coefficient (Wildman–Crippen LogP) is 5.21. The topological polar surface area (TPSA) is 38.9 Å². The summed E-state index contributed by atoms with van der Waals surface area (Å²) in [4.78, 5) is 9.73. The van der Waals surface area contributed by atoms with Crippen molar-refractivity contribution in [2.75, 3.05) is 0 Å². The number of halogens is 1. The Labute approximate surface area is 136 Å². The molecule has 22 heavy (non-hydrogen) atoms. The van der Waals surface area contributed by atoms with Crippen LogP contribution in [0.15, 0.2) is 58.8 Å². The number of nitrogens with zero attached hydrogens (tertiary/aromatic N) is 2. The molecule has 1 aromatic carbocycles. The largest absolute Gasteiger partial charge is 0.469 e. The van der Waals surface area contributed by atoms with Crippen LogP contribution < -0.4 is 0 Å². The van der Waals surface area contributed by atoms with Crippen LogP contribution in [0.3, 0.4) is 0 Å². The van der Waals surface area contributed by atoms with Gasteiger partial charge in [-0.15, -0.1) is 11.3 Å². The van der Waals surface area contributed by atoms with Crippen LogP contribution in [-0.4, -0.2) is 9.97 Å². The minimum atomic E-state index is 0.724. The highest BCUT2D eigenvalue weighted by molar-refractivity contribution is 7.17. The van der Waals surface area contributed by atoms with Crippen molar-refractivity contribution in [3.8, 4) is 11.1 Å². The van der Waals surface area contributed by atoms with Crippen LogP contribution in [0.5, 0.6) is 0 Å². The van der Waals surface area contributed by atoms with E-state index in [1.807, 2.05) is 42.8 Å². The average Bonchev–Trinajstić information content (AvgIpc) is 3.18. The van der Waals surface area contributed by atoms with Gasteiger partial charge in [-0.2, -0.15) is 0 Å². The summed E-state index contributed by atoms with van der Waals surface area (Å²) in [7, 11) is 0. The highest BCUT2D eigenvalue weighted by Gasteiger charge is 2.14. The van der Waals surface area contributed by atoms with Crippen LogP contribution in [0.2, 0.25) is 5.02 Å². The van der Waals surface area contributed by atoms with E-state index in [-0.39, 0.29) is 0 Å². The maximum Gasteiger partial charge on any atom is 0.127 e. The van der Waals surface area contributed by atoms with Crippen molar-refractivity contribution in [1.82, 2.24) is 9.97 Å². The Morgan fingerprint density at radius 3 is 2.73 bits per heavy atom. The number of thiophene rings is 1. The minimum absolute atomic E-state index is 0.724. The standard InChI is InChI=1S/C17H10ClN2OS/c18-12-5-3-11(4-6-12)14-9-22-17-16(14)15(19-10-20-17)8-13-2-1-7-21-13/h1-10H. The molecule has 4 aromatic rings. The molecule has 107 valence electrons. The highest BCUT2D eigenvalue weighted by atomic mass is 35.5. The molecule has 3 aromatic heterocycles. The van der Waals surface area contributed by atoms with Crippen LogP contribution in [0, 0.1) is 6.42 Å². The molecule has 0 aliphatic rings. The lowest BCUT2D eigenvalue weighted by molar-refractivity contribution is 0.542. The molecule has 0 unspecified atom stereocenters. The van der Waals surface area contributed by atoms with Gasteiger partial charge in [0.05, 0.1) is 18.4 Å².